The fourth-order valence-electron chi connectivity index (χ4n) is 2.60. The van der Waals surface area contributed by atoms with E-state index in [1.807, 2.05) is 19.9 Å². The molecule has 1 aromatic carbocycles. The molecule has 0 atom stereocenters. The second-order valence-corrected chi connectivity index (χ2v) is 7.28. The molecule has 132 valence electrons. The van der Waals surface area contributed by atoms with Gasteiger partial charge in [-0.2, -0.15) is 0 Å². The van der Waals surface area contributed by atoms with Crippen LogP contribution in [0.25, 0.3) is 5.70 Å². The number of nitrogens with zero attached hydrogens (tertiary/aromatic N) is 2. The number of aryl methyl sites for hydroxylation is 2. The minimum absolute atomic E-state index is 0.199. The quantitative estimate of drug-likeness (QED) is 0.632. The van der Waals surface area contributed by atoms with Crippen molar-refractivity contribution in [3.8, 4) is 0 Å². The van der Waals surface area contributed by atoms with Crippen LogP contribution in [0.2, 0.25) is 0 Å². The minimum Gasteiger partial charge on any atom is -0.380 e. The van der Waals surface area contributed by atoms with Gasteiger partial charge >= 0.3 is 0 Å². The van der Waals surface area contributed by atoms with Crippen molar-refractivity contribution >= 4 is 22.7 Å². The van der Waals surface area contributed by atoms with Crippen LogP contribution < -0.4 is 5.32 Å². The average molecular weight is 366 g/mol. The summed E-state index contributed by atoms with van der Waals surface area (Å²) in [5.41, 5.74) is 2.53. The molecule has 0 amide bonds. The largest absolute Gasteiger partial charge is 0.380 e. The van der Waals surface area contributed by atoms with Gasteiger partial charge < -0.3 is 5.32 Å². The molecule has 0 saturated carbocycles. The van der Waals surface area contributed by atoms with Gasteiger partial charge in [-0.05, 0) is 38.1 Å². The maximum atomic E-state index is 13.9. The number of benzene rings is 1. The van der Waals surface area contributed by atoms with E-state index >= 15 is 0 Å². The predicted molar refractivity (Wildman–Crippen MR) is 104 cm³/mol. The second-order valence-electron chi connectivity index (χ2n) is 5.82. The molecule has 0 aliphatic heterocycles. The van der Waals surface area contributed by atoms with E-state index in [1.54, 1.807) is 48.0 Å². The van der Waals surface area contributed by atoms with Crippen molar-refractivity contribution in [2.24, 2.45) is 0 Å². The SMILES string of the molecule is Cc1cc(/C(=C/C(=N)c2ncccn2)NCc2ccccc2F)c(C)s1. The van der Waals surface area contributed by atoms with E-state index in [0.717, 1.165) is 16.1 Å². The van der Waals surface area contributed by atoms with Gasteiger partial charge in [-0.3, -0.25) is 5.41 Å². The lowest BCUT2D eigenvalue weighted by Crippen LogP contribution is -2.15. The number of nitrogens with one attached hydrogen (secondary N) is 2. The van der Waals surface area contributed by atoms with Gasteiger partial charge in [-0.15, -0.1) is 11.3 Å². The minimum atomic E-state index is -0.251. The van der Waals surface area contributed by atoms with E-state index in [9.17, 15) is 4.39 Å². The zero-order valence-corrected chi connectivity index (χ0v) is 15.4. The number of hydrogen-bond acceptors (Lipinski definition) is 5. The van der Waals surface area contributed by atoms with Gasteiger partial charge in [0, 0.05) is 45.5 Å². The molecular formula is C20H19FN4S. The fraction of sp³-hybridized carbons (Fsp3) is 0.150. The van der Waals surface area contributed by atoms with E-state index < -0.39 is 0 Å². The summed E-state index contributed by atoms with van der Waals surface area (Å²) in [7, 11) is 0. The molecule has 0 aliphatic rings. The Kier molecular flexibility index (Phi) is 5.53. The molecule has 3 rings (SSSR count). The maximum absolute atomic E-state index is 13.9. The topological polar surface area (TPSA) is 61.7 Å². The fourth-order valence-corrected chi connectivity index (χ4v) is 3.54. The molecule has 6 heteroatoms. The second kappa shape index (κ2) is 8.01. The van der Waals surface area contributed by atoms with E-state index in [-0.39, 0.29) is 11.5 Å². The van der Waals surface area contributed by atoms with Gasteiger partial charge in [0.2, 0.25) is 0 Å². The highest BCUT2D eigenvalue weighted by Gasteiger charge is 2.12. The predicted octanol–water partition coefficient (Wildman–Crippen LogP) is 4.49. The third-order valence-electron chi connectivity index (χ3n) is 3.85. The molecule has 2 N–H and O–H groups in total. The lowest BCUT2D eigenvalue weighted by molar-refractivity contribution is 0.605. The Bertz CT molecular complexity index is 947. The van der Waals surface area contributed by atoms with E-state index in [0.29, 0.717) is 17.9 Å². The van der Waals surface area contributed by atoms with Gasteiger partial charge in [0.15, 0.2) is 5.82 Å². The zero-order chi connectivity index (χ0) is 18.5. The summed E-state index contributed by atoms with van der Waals surface area (Å²) in [6.45, 7) is 4.41. The number of aromatic nitrogens is 2. The van der Waals surface area contributed by atoms with Gasteiger partial charge in [0.1, 0.15) is 11.5 Å². The monoisotopic (exact) mass is 366 g/mol. The van der Waals surface area contributed by atoms with Crippen LogP contribution in [0.1, 0.15) is 26.7 Å². The van der Waals surface area contributed by atoms with Crippen LogP contribution in [-0.4, -0.2) is 15.7 Å². The van der Waals surface area contributed by atoms with Crippen molar-refractivity contribution in [1.29, 1.82) is 5.41 Å². The highest BCUT2D eigenvalue weighted by atomic mass is 32.1. The smallest absolute Gasteiger partial charge is 0.177 e. The van der Waals surface area contributed by atoms with Gasteiger partial charge in [-0.25, -0.2) is 14.4 Å². The molecule has 2 aromatic heterocycles. The van der Waals surface area contributed by atoms with Crippen LogP contribution in [0.4, 0.5) is 4.39 Å². The number of thiophene rings is 1. The molecule has 0 saturated heterocycles. The van der Waals surface area contributed by atoms with E-state index in [1.165, 1.54) is 10.9 Å². The number of rotatable bonds is 6. The summed E-state index contributed by atoms with van der Waals surface area (Å²) in [5, 5.41) is 11.6. The Morgan fingerprint density at radius 1 is 1.19 bits per heavy atom. The summed E-state index contributed by atoms with van der Waals surface area (Å²) < 4.78 is 13.9. The molecule has 3 aromatic rings. The Balaban J connectivity index is 1.92. The standard InChI is InChI=1S/C20H19FN4S/c1-13-10-16(14(2)26-13)19(11-18(22)20-23-8-5-9-24-20)25-12-15-6-3-4-7-17(15)21/h3-11,22,25H,12H2,1-2H3/b19-11-,22-18?. The summed E-state index contributed by atoms with van der Waals surface area (Å²) in [6.07, 6.45) is 4.92. The number of allylic oxidation sites excluding steroid dienone is 1. The lowest BCUT2D eigenvalue weighted by atomic mass is 10.1. The van der Waals surface area contributed by atoms with Crippen molar-refractivity contribution < 1.29 is 4.39 Å². The first-order valence-corrected chi connectivity index (χ1v) is 8.98. The Labute approximate surface area is 156 Å². The lowest BCUT2D eigenvalue weighted by Gasteiger charge is -2.12. The molecule has 2 heterocycles. The molecule has 26 heavy (non-hydrogen) atoms. The number of hydrogen-bond donors (Lipinski definition) is 2. The molecule has 0 fully saturated rings. The van der Waals surface area contributed by atoms with Crippen LogP contribution in [0, 0.1) is 25.1 Å². The summed E-state index contributed by atoms with van der Waals surface area (Å²) in [5.74, 6) is 0.0985. The highest BCUT2D eigenvalue weighted by Crippen LogP contribution is 2.26. The summed E-state index contributed by atoms with van der Waals surface area (Å²) in [4.78, 5) is 10.6. The first-order chi connectivity index (χ1) is 12.5. The van der Waals surface area contributed by atoms with Crippen molar-refractivity contribution in [3.05, 3.63) is 87.4 Å². The third-order valence-corrected chi connectivity index (χ3v) is 4.82. The highest BCUT2D eigenvalue weighted by molar-refractivity contribution is 7.12. The van der Waals surface area contributed by atoms with Crippen molar-refractivity contribution in [3.63, 3.8) is 0 Å². The normalized spacial score (nSPS) is 11.4. The molecule has 0 spiro atoms. The Morgan fingerprint density at radius 2 is 1.92 bits per heavy atom. The van der Waals surface area contributed by atoms with Gasteiger partial charge in [0.25, 0.3) is 0 Å². The molecule has 0 aliphatic carbocycles. The molecule has 0 radical (unpaired) electrons. The summed E-state index contributed by atoms with van der Waals surface area (Å²) in [6, 6.07) is 10.5. The molecule has 0 bridgehead atoms. The van der Waals surface area contributed by atoms with Crippen molar-refractivity contribution in [2.75, 3.05) is 0 Å². The van der Waals surface area contributed by atoms with Gasteiger partial charge in [-0.1, -0.05) is 18.2 Å². The van der Waals surface area contributed by atoms with Crippen LogP contribution in [0.3, 0.4) is 0 Å². The Hall–Kier alpha value is -2.86. The summed E-state index contributed by atoms with van der Waals surface area (Å²) >= 11 is 1.69. The van der Waals surface area contributed by atoms with Crippen molar-refractivity contribution in [1.82, 2.24) is 15.3 Å². The third kappa shape index (κ3) is 4.21. The first kappa shape index (κ1) is 17.9. The van der Waals surface area contributed by atoms with Crippen LogP contribution in [0.5, 0.6) is 0 Å². The van der Waals surface area contributed by atoms with Crippen LogP contribution in [0.15, 0.2) is 54.9 Å². The van der Waals surface area contributed by atoms with Crippen LogP contribution >= 0.6 is 11.3 Å². The molecule has 0 unspecified atom stereocenters. The average Bonchev–Trinajstić information content (AvgIpc) is 2.98. The Morgan fingerprint density at radius 3 is 2.58 bits per heavy atom. The van der Waals surface area contributed by atoms with Gasteiger partial charge in [0.05, 0.1) is 0 Å². The van der Waals surface area contributed by atoms with Crippen molar-refractivity contribution in [2.45, 2.75) is 20.4 Å². The zero-order valence-electron chi connectivity index (χ0n) is 14.6. The van der Waals surface area contributed by atoms with E-state index in [4.69, 9.17) is 5.41 Å². The molecular weight excluding hydrogens is 347 g/mol. The van der Waals surface area contributed by atoms with Crippen LogP contribution in [-0.2, 0) is 6.54 Å². The number of halogens is 1. The first-order valence-electron chi connectivity index (χ1n) is 8.17. The maximum Gasteiger partial charge on any atom is 0.177 e. The molecule has 4 nitrogen and oxygen atoms in total. The van der Waals surface area contributed by atoms with E-state index in [2.05, 4.69) is 21.4 Å².